The lowest BCUT2D eigenvalue weighted by molar-refractivity contribution is 0.0677. The van der Waals surface area contributed by atoms with Crippen molar-refractivity contribution in [3.05, 3.63) is 0 Å². The van der Waals surface area contributed by atoms with Crippen molar-refractivity contribution in [3.8, 4) is 11.8 Å². The molecular formula is C6H10O2. The Morgan fingerprint density at radius 3 is 2.00 bits per heavy atom. The van der Waals surface area contributed by atoms with Gasteiger partial charge in [-0.05, 0) is 13.8 Å². The summed E-state index contributed by atoms with van der Waals surface area (Å²) in [6, 6.07) is 0. The predicted molar refractivity (Wildman–Crippen MR) is 31.1 cm³/mol. The van der Waals surface area contributed by atoms with Crippen LogP contribution in [0.2, 0.25) is 0 Å². The standard InChI is InChI=1S/C6H10O2/c1-3-4-6(8)5(2)7/h5-8H,1-2H3/t5-,6-/m1/s1. The van der Waals surface area contributed by atoms with Gasteiger partial charge in [-0.25, -0.2) is 0 Å². The summed E-state index contributed by atoms with van der Waals surface area (Å²) >= 11 is 0. The lowest BCUT2D eigenvalue weighted by Gasteiger charge is -2.03. The highest BCUT2D eigenvalue weighted by Crippen LogP contribution is 1.87. The molecule has 0 aromatic heterocycles. The van der Waals surface area contributed by atoms with Crippen LogP contribution in [0, 0.1) is 11.8 Å². The van der Waals surface area contributed by atoms with Crippen LogP contribution in [-0.2, 0) is 0 Å². The molecule has 0 aliphatic carbocycles. The molecule has 0 aliphatic heterocycles. The summed E-state index contributed by atoms with van der Waals surface area (Å²) in [5, 5.41) is 17.3. The molecule has 0 unspecified atom stereocenters. The Morgan fingerprint density at radius 1 is 1.38 bits per heavy atom. The second-order valence-electron chi connectivity index (χ2n) is 1.58. The van der Waals surface area contributed by atoms with Crippen LogP contribution in [0.1, 0.15) is 13.8 Å². The van der Waals surface area contributed by atoms with E-state index in [0.29, 0.717) is 0 Å². The van der Waals surface area contributed by atoms with Gasteiger partial charge in [0, 0.05) is 0 Å². The molecule has 8 heavy (non-hydrogen) atoms. The smallest absolute Gasteiger partial charge is 0.140 e. The number of hydrogen-bond acceptors (Lipinski definition) is 2. The van der Waals surface area contributed by atoms with Gasteiger partial charge in [0.2, 0.25) is 0 Å². The van der Waals surface area contributed by atoms with Crippen molar-refractivity contribution in [1.82, 2.24) is 0 Å². The summed E-state index contributed by atoms with van der Waals surface area (Å²) in [7, 11) is 0. The normalized spacial score (nSPS) is 16.0. The van der Waals surface area contributed by atoms with Crippen LogP contribution >= 0.6 is 0 Å². The molecule has 0 aromatic rings. The van der Waals surface area contributed by atoms with Crippen molar-refractivity contribution in [1.29, 1.82) is 0 Å². The van der Waals surface area contributed by atoms with Crippen LogP contribution in [0.5, 0.6) is 0 Å². The second-order valence-corrected chi connectivity index (χ2v) is 1.58. The van der Waals surface area contributed by atoms with Gasteiger partial charge >= 0.3 is 0 Å². The predicted octanol–water partition coefficient (Wildman–Crippen LogP) is -0.249. The van der Waals surface area contributed by atoms with Gasteiger partial charge < -0.3 is 10.2 Å². The Bertz CT molecular complexity index is 107. The molecule has 0 radical (unpaired) electrons. The highest BCUT2D eigenvalue weighted by atomic mass is 16.3. The maximum absolute atomic E-state index is 8.70. The van der Waals surface area contributed by atoms with Crippen molar-refractivity contribution in [2.45, 2.75) is 26.1 Å². The lowest BCUT2D eigenvalue weighted by atomic mass is 10.2. The van der Waals surface area contributed by atoms with E-state index in [9.17, 15) is 0 Å². The molecule has 0 bridgehead atoms. The van der Waals surface area contributed by atoms with Crippen molar-refractivity contribution < 1.29 is 10.2 Å². The zero-order chi connectivity index (χ0) is 6.57. The minimum Gasteiger partial charge on any atom is -0.390 e. The highest BCUT2D eigenvalue weighted by molar-refractivity contribution is 5.03. The van der Waals surface area contributed by atoms with E-state index in [0.717, 1.165) is 0 Å². The average molecular weight is 114 g/mol. The minimum atomic E-state index is -0.889. The molecule has 0 saturated carbocycles. The highest BCUT2D eigenvalue weighted by Gasteiger charge is 2.04. The minimum absolute atomic E-state index is 0.748. The van der Waals surface area contributed by atoms with Crippen LogP contribution in [0.25, 0.3) is 0 Å². The Balaban J connectivity index is 3.58. The fourth-order valence-corrected chi connectivity index (χ4v) is 0.268. The summed E-state index contributed by atoms with van der Waals surface area (Å²) in [5.74, 6) is 4.89. The van der Waals surface area contributed by atoms with Gasteiger partial charge in [-0.2, -0.15) is 0 Å². The van der Waals surface area contributed by atoms with Crippen molar-refractivity contribution in [3.63, 3.8) is 0 Å². The quantitative estimate of drug-likeness (QED) is 0.461. The van der Waals surface area contributed by atoms with Gasteiger partial charge in [-0.1, -0.05) is 5.92 Å². The largest absolute Gasteiger partial charge is 0.390 e. The molecule has 0 aliphatic rings. The second kappa shape index (κ2) is 3.48. The van der Waals surface area contributed by atoms with Gasteiger partial charge in [0.25, 0.3) is 0 Å². The Kier molecular flexibility index (Phi) is 3.25. The van der Waals surface area contributed by atoms with E-state index in [-0.39, 0.29) is 0 Å². The molecule has 2 atom stereocenters. The molecular weight excluding hydrogens is 104 g/mol. The number of aliphatic hydroxyl groups excluding tert-OH is 2. The first-order chi connectivity index (χ1) is 3.68. The fourth-order valence-electron chi connectivity index (χ4n) is 0.268. The summed E-state index contributed by atoms with van der Waals surface area (Å²) in [6.45, 7) is 3.11. The van der Waals surface area contributed by atoms with E-state index in [4.69, 9.17) is 10.2 Å². The first-order valence-electron chi connectivity index (χ1n) is 2.47. The van der Waals surface area contributed by atoms with Gasteiger partial charge in [0.1, 0.15) is 6.10 Å². The SMILES string of the molecule is CC#C[C@@H](O)[C@@H](C)O. The van der Waals surface area contributed by atoms with E-state index >= 15 is 0 Å². The van der Waals surface area contributed by atoms with E-state index in [2.05, 4.69) is 11.8 Å². The lowest BCUT2D eigenvalue weighted by Crippen LogP contribution is -2.19. The first kappa shape index (κ1) is 7.48. The van der Waals surface area contributed by atoms with Gasteiger partial charge in [-0.3, -0.25) is 0 Å². The maximum Gasteiger partial charge on any atom is 0.140 e. The Morgan fingerprint density at radius 2 is 1.88 bits per heavy atom. The van der Waals surface area contributed by atoms with E-state index in [1.54, 1.807) is 6.92 Å². The molecule has 0 fully saturated rings. The number of hydrogen-bond donors (Lipinski definition) is 2. The van der Waals surface area contributed by atoms with Gasteiger partial charge in [-0.15, -0.1) is 5.92 Å². The van der Waals surface area contributed by atoms with Crippen molar-refractivity contribution >= 4 is 0 Å². The first-order valence-corrected chi connectivity index (χ1v) is 2.47. The average Bonchev–Trinajstić information content (AvgIpc) is 1.67. The van der Waals surface area contributed by atoms with E-state index < -0.39 is 12.2 Å². The van der Waals surface area contributed by atoms with Gasteiger partial charge in [0.05, 0.1) is 6.10 Å². The van der Waals surface area contributed by atoms with Crippen LogP contribution < -0.4 is 0 Å². The zero-order valence-electron chi connectivity index (χ0n) is 5.05. The Labute approximate surface area is 49.2 Å². The topological polar surface area (TPSA) is 40.5 Å². The molecule has 0 spiro atoms. The molecule has 0 saturated heterocycles. The number of rotatable bonds is 1. The van der Waals surface area contributed by atoms with E-state index in [1.165, 1.54) is 6.92 Å². The van der Waals surface area contributed by atoms with Gasteiger partial charge in [0.15, 0.2) is 0 Å². The third-order valence-corrected chi connectivity index (χ3v) is 0.749. The maximum atomic E-state index is 8.70. The van der Waals surface area contributed by atoms with E-state index in [1.807, 2.05) is 0 Å². The summed E-state index contributed by atoms with van der Waals surface area (Å²) in [6.07, 6.45) is -1.64. The molecule has 0 aromatic carbocycles. The van der Waals surface area contributed by atoms with Crippen LogP contribution in [0.4, 0.5) is 0 Å². The molecule has 0 rings (SSSR count). The van der Waals surface area contributed by atoms with Crippen LogP contribution in [0.3, 0.4) is 0 Å². The fraction of sp³-hybridized carbons (Fsp3) is 0.667. The van der Waals surface area contributed by atoms with Crippen LogP contribution in [0.15, 0.2) is 0 Å². The summed E-state index contributed by atoms with van der Waals surface area (Å²) < 4.78 is 0. The summed E-state index contributed by atoms with van der Waals surface area (Å²) in [4.78, 5) is 0. The third kappa shape index (κ3) is 2.62. The summed E-state index contributed by atoms with van der Waals surface area (Å²) in [5.41, 5.74) is 0. The molecule has 2 N–H and O–H groups in total. The zero-order valence-corrected chi connectivity index (χ0v) is 5.05. The monoisotopic (exact) mass is 114 g/mol. The number of aliphatic hydroxyl groups is 2. The molecule has 46 valence electrons. The van der Waals surface area contributed by atoms with Crippen molar-refractivity contribution in [2.24, 2.45) is 0 Å². The molecule has 0 heterocycles. The molecule has 0 amide bonds. The van der Waals surface area contributed by atoms with Crippen LogP contribution in [-0.4, -0.2) is 22.4 Å². The molecule has 2 nitrogen and oxygen atoms in total. The Hall–Kier alpha value is -0.520. The molecule has 2 heteroatoms. The third-order valence-electron chi connectivity index (χ3n) is 0.749. The van der Waals surface area contributed by atoms with Crippen molar-refractivity contribution in [2.75, 3.05) is 0 Å².